The SMILES string of the molecule is O=C(Nc1ccc(Cn2cncn2)cc1)C1CCC(CNS(=O)(=O)c2ccccc2)CC1. The molecule has 1 heterocycles. The lowest BCUT2D eigenvalue weighted by Crippen LogP contribution is -2.33. The Labute approximate surface area is 188 Å². The van der Waals surface area contributed by atoms with Crippen LogP contribution in [0, 0.1) is 11.8 Å². The van der Waals surface area contributed by atoms with Gasteiger partial charge in [-0.3, -0.25) is 4.79 Å². The minimum absolute atomic E-state index is 0.0253. The lowest BCUT2D eigenvalue weighted by atomic mass is 9.81. The van der Waals surface area contributed by atoms with Gasteiger partial charge in [-0.2, -0.15) is 5.10 Å². The quantitative estimate of drug-likeness (QED) is 0.545. The van der Waals surface area contributed by atoms with E-state index in [0.29, 0.717) is 13.1 Å². The molecule has 1 aromatic heterocycles. The van der Waals surface area contributed by atoms with Gasteiger partial charge in [-0.05, 0) is 61.4 Å². The number of carbonyl (C=O) groups excluding carboxylic acids is 1. The van der Waals surface area contributed by atoms with Crippen molar-refractivity contribution >= 4 is 21.6 Å². The van der Waals surface area contributed by atoms with Crippen LogP contribution >= 0.6 is 0 Å². The van der Waals surface area contributed by atoms with E-state index in [1.165, 1.54) is 6.33 Å². The molecule has 1 saturated carbocycles. The summed E-state index contributed by atoms with van der Waals surface area (Å²) in [5, 5.41) is 7.09. The molecular formula is C23H27N5O3S. The largest absolute Gasteiger partial charge is 0.326 e. The molecule has 0 saturated heterocycles. The van der Waals surface area contributed by atoms with Crippen LogP contribution in [0.5, 0.6) is 0 Å². The molecule has 1 fully saturated rings. The lowest BCUT2D eigenvalue weighted by molar-refractivity contribution is -0.121. The summed E-state index contributed by atoms with van der Waals surface area (Å²) in [6.45, 7) is 1.03. The minimum atomic E-state index is -3.49. The second kappa shape index (κ2) is 10.1. The highest BCUT2D eigenvalue weighted by Crippen LogP contribution is 2.29. The van der Waals surface area contributed by atoms with E-state index in [4.69, 9.17) is 0 Å². The molecule has 3 aromatic rings. The number of sulfonamides is 1. The molecule has 2 N–H and O–H groups in total. The molecule has 0 unspecified atom stereocenters. The van der Waals surface area contributed by atoms with Gasteiger partial charge in [-0.25, -0.2) is 22.8 Å². The summed E-state index contributed by atoms with van der Waals surface area (Å²) >= 11 is 0. The Morgan fingerprint density at radius 3 is 2.38 bits per heavy atom. The molecule has 1 amide bonds. The van der Waals surface area contributed by atoms with Gasteiger partial charge in [0.2, 0.25) is 15.9 Å². The number of rotatable bonds is 8. The van der Waals surface area contributed by atoms with Crippen molar-refractivity contribution in [2.24, 2.45) is 11.8 Å². The third kappa shape index (κ3) is 5.80. The highest BCUT2D eigenvalue weighted by atomic mass is 32.2. The van der Waals surface area contributed by atoms with Crippen molar-refractivity contribution in [3.8, 4) is 0 Å². The predicted octanol–water partition coefficient (Wildman–Crippen LogP) is 3.05. The fourth-order valence-electron chi connectivity index (χ4n) is 3.98. The van der Waals surface area contributed by atoms with E-state index in [1.807, 2.05) is 24.3 Å². The predicted molar refractivity (Wildman–Crippen MR) is 121 cm³/mol. The van der Waals surface area contributed by atoms with E-state index in [0.717, 1.165) is 36.9 Å². The Morgan fingerprint density at radius 1 is 1.00 bits per heavy atom. The van der Waals surface area contributed by atoms with Crippen LogP contribution in [0.25, 0.3) is 0 Å². The van der Waals surface area contributed by atoms with Crippen molar-refractivity contribution in [2.75, 3.05) is 11.9 Å². The van der Waals surface area contributed by atoms with E-state index in [-0.39, 0.29) is 22.6 Å². The molecule has 0 atom stereocenters. The van der Waals surface area contributed by atoms with Crippen LogP contribution in [-0.2, 0) is 21.4 Å². The van der Waals surface area contributed by atoms with Crippen LogP contribution in [-0.4, -0.2) is 35.6 Å². The number of carbonyl (C=O) groups is 1. The van der Waals surface area contributed by atoms with Crippen molar-refractivity contribution in [1.82, 2.24) is 19.5 Å². The van der Waals surface area contributed by atoms with Crippen molar-refractivity contribution in [1.29, 1.82) is 0 Å². The van der Waals surface area contributed by atoms with Crippen LogP contribution in [0.4, 0.5) is 5.69 Å². The maximum atomic E-state index is 12.7. The third-order valence-corrected chi connectivity index (χ3v) is 7.31. The van der Waals surface area contributed by atoms with E-state index in [2.05, 4.69) is 20.1 Å². The van der Waals surface area contributed by atoms with E-state index >= 15 is 0 Å². The van der Waals surface area contributed by atoms with Crippen LogP contribution in [0.2, 0.25) is 0 Å². The van der Waals surface area contributed by atoms with Gasteiger partial charge >= 0.3 is 0 Å². The molecule has 2 aromatic carbocycles. The summed E-state index contributed by atoms with van der Waals surface area (Å²) in [6, 6.07) is 16.1. The van der Waals surface area contributed by atoms with Crippen LogP contribution in [0.1, 0.15) is 31.2 Å². The summed E-state index contributed by atoms with van der Waals surface area (Å²) in [6.07, 6.45) is 6.33. The average Bonchev–Trinajstić information content (AvgIpc) is 3.33. The van der Waals surface area contributed by atoms with Crippen molar-refractivity contribution in [3.63, 3.8) is 0 Å². The Balaban J connectivity index is 1.22. The lowest BCUT2D eigenvalue weighted by Gasteiger charge is -2.28. The Bertz CT molecular complexity index is 1110. The van der Waals surface area contributed by atoms with Gasteiger partial charge in [-0.1, -0.05) is 30.3 Å². The fourth-order valence-corrected chi connectivity index (χ4v) is 5.12. The van der Waals surface area contributed by atoms with E-state index in [9.17, 15) is 13.2 Å². The molecule has 32 heavy (non-hydrogen) atoms. The van der Waals surface area contributed by atoms with Gasteiger partial charge in [0.05, 0.1) is 11.4 Å². The first kappa shape index (κ1) is 22.2. The second-order valence-corrected chi connectivity index (χ2v) is 9.93. The van der Waals surface area contributed by atoms with Crippen molar-refractivity contribution in [3.05, 3.63) is 72.8 Å². The summed E-state index contributed by atoms with van der Waals surface area (Å²) in [7, 11) is -3.49. The molecular weight excluding hydrogens is 426 g/mol. The standard InChI is InChI=1S/C23H27N5O3S/c29-23(27-21-12-8-19(9-13-21)15-28-17-24-16-25-28)20-10-6-18(7-11-20)14-26-32(30,31)22-4-2-1-3-5-22/h1-5,8-9,12-13,16-18,20,26H,6-7,10-11,14-15H2,(H,27,29). The van der Waals surface area contributed by atoms with Crippen LogP contribution in [0.3, 0.4) is 0 Å². The van der Waals surface area contributed by atoms with E-state index < -0.39 is 10.0 Å². The first-order valence-electron chi connectivity index (χ1n) is 10.8. The fraction of sp³-hybridized carbons (Fsp3) is 0.348. The number of benzene rings is 2. The molecule has 1 aliphatic carbocycles. The molecule has 1 aliphatic rings. The third-order valence-electron chi connectivity index (χ3n) is 5.87. The van der Waals surface area contributed by atoms with Gasteiger partial charge in [-0.15, -0.1) is 0 Å². The first-order valence-corrected chi connectivity index (χ1v) is 12.2. The van der Waals surface area contributed by atoms with Crippen molar-refractivity contribution < 1.29 is 13.2 Å². The summed E-state index contributed by atoms with van der Waals surface area (Å²) in [5.41, 5.74) is 1.85. The summed E-state index contributed by atoms with van der Waals surface area (Å²) in [5.74, 6) is 0.220. The Hall–Kier alpha value is -3.04. The maximum Gasteiger partial charge on any atom is 0.240 e. The van der Waals surface area contributed by atoms with Crippen LogP contribution < -0.4 is 10.0 Å². The Kier molecular flexibility index (Phi) is 6.96. The van der Waals surface area contributed by atoms with Gasteiger partial charge < -0.3 is 5.32 Å². The number of nitrogens with zero attached hydrogens (tertiary/aromatic N) is 3. The Morgan fingerprint density at radius 2 is 1.72 bits per heavy atom. The average molecular weight is 454 g/mol. The molecule has 0 bridgehead atoms. The maximum absolute atomic E-state index is 12.7. The van der Waals surface area contributed by atoms with Gasteiger partial charge in [0.15, 0.2) is 0 Å². The molecule has 8 nitrogen and oxygen atoms in total. The normalized spacial score (nSPS) is 18.9. The molecule has 4 rings (SSSR count). The monoisotopic (exact) mass is 453 g/mol. The van der Waals surface area contributed by atoms with Crippen LogP contribution in [0.15, 0.2) is 72.1 Å². The first-order chi connectivity index (χ1) is 15.5. The molecule has 0 radical (unpaired) electrons. The number of nitrogens with one attached hydrogen (secondary N) is 2. The number of hydrogen-bond acceptors (Lipinski definition) is 5. The summed E-state index contributed by atoms with van der Waals surface area (Å²) < 4.78 is 29.2. The zero-order valence-electron chi connectivity index (χ0n) is 17.7. The zero-order chi connectivity index (χ0) is 22.4. The number of amides is 1. The highest BCUT2D eigenvalue weighted by Gasteiger charge is 2.27. The number of aromatic nitrogens is 3. The van der Waals surface area contributed by atoms with Gasteiger partial charge in [0.1, 0.15) is 12.7 Å². The molecule has 0 aliphatic heterocycles. The molecule has 168 valence electrons. The highest BCUT2D eigenvalue weighted by molar-refractivity contribution is 7.89. The topological polar surface area (TPSA) is 106 Å². The second-order valence-electron chi connectivity index (χ2n) is 8.16. The van der Waals surface area contributed by atoms with Gasteiger partial charge in [0.25, 0.3) is 0 Å². The number of anilines is 1. The minimum Gasteiger partial charge on any atom is -0.326 e. The summed E-state index contributed by atoms with van der Waals surface area (Å²) in [4.78, 5) is 16.9. The van der Waals surface area contributed by atoms with E-state index in [1.54, 1.807) is 41.3 Å². The molecule has 0 spiro atoms. The number of hydrogen-bond donors (Lipinski definition) is 2. The van der Waals surface area contributed by atoms with Crippen molar-refractivity contribution in [2.45, 2.75) is 37.1 Å². The smallest absolute Gasteiger partial charge is 0.240 e. The molecule has 9 heteroatoms. The van der Waals surface area contributed by atoms with Gasteiger partial charge in [0, 0.05) is 18.2 Å². The zero-order valence-corrected chi connectivity index (χ0v) is 18.5.